The number of carboxylic acid groups (broad SMARTS) is 1. The van der Waals surface area contributed by atoms with Crippen molar-refractivity contribution in [3.63, 3.8) is 0 Å². The highest BCUT2D eigenvalue weighted by atomic mass is 19.4. The van der Waals surface area contributed by atoms with Crippen LogP contribution in [0.15, 0.2) is 42.5 Å². The number of alkyl halides is 9. The Morgan fingerprint density at radius 2 is 1.18 bits per heavy atom. The average molecular weight is 487 g/mol. The highest BCUT2D eigenvalue weighted by Gasteiger charge is 2.37. The van der Waals surface area contributed by atoms with Crippen molar-refractivity contribution in [2.24, 2.45) is 0 Å². The maximum absolute atomic E-state index is 12.9. The number of amides is 1. The van der Waals surface area contributed by atoms with E-state index >= 15 is 0 Å². The molecule has 0 saturated heterocycles. The summed E-state index contributed by atoms with van der Waals surface area (Å²) in [6, 6.07) is 2.20. The first-order valence-electron chi connectivity index (χ1n) is 8.93. The van der Waals surface area contributed by atoms with Crippen LogP contribution in [0.1, 0.15) is 27.8 Å². The normalized spacial score (nSPS) is 13.5. The average Bonchev–Trinajstić information content (AvgIpc) is 2.65. The van der Waals surface area contributed by atoms with Crippen molar-refractivity contribution in [2.45, 2.75) is 37.4 Å². The molecule has 0 radical (unpaired) electrons. The van der Waals surface area contributed by atoms with Crippen LogP contribution < -0.4 is 5.32 Å². The van der Waals surface area contributed by atoms with Gasteiger partial charge in [-0.05, 0) is 41.5 Å². The number of hydrogen-bond acceptors (Lipinski definition) is 2. The van der Waals surface area contributed by atoms with Gasteiger partial charge in [-0.25, -0.2) is 4.79 Å². The van der Waals surface area contributed by atoms with Crippen LogP contribution >= 0.6 is 0 Å². The smallest absolute Gasteiger partial charge is 0.416 e. The van der Waals surface area contributed by atoms with E-state index in [2.05, 4.69) is 0 Å². The highest BCUT2D eigenvalue weighted by molar-refractivity contribution is 5.85. The minimum absolute atomic E-state index is 0.0918. The lowest BCUT2D eigenvalue weighted by atomic mass is 10.0. The van der Waals surface area contributed by atoms with Crippen LogP contribution in [-0.2, 0) is 41.0 Å². The predicted octanol–water partition coefficient (Wildman–Crippen LogP) is 5.10. The number of aliphatic carboxylic acids is 1. The van der Waals surface area contributed by atoms with Crippen molar-refractivity contribution in [3.05, 3.63) is 70.3 Å². The molecule has 2 rings (SSSR count). The van der Waals surface area contributed by atoms with E-state index in [1.54, 1.807) is 0 Å². The van der Waals surface area contributed by atoms with Gasteiger partial charge in [0.15, 0.2) is 0 Å². The Bertz CT molecular complexity index is 977. The molecule has 2 N–H and O–H groups in total. The largest absolute Gasteiger partial charge is 0.480 e. The molecule has 2 aromatic carbocycles. The summed E-state index contributed by atoms with van der Waals surface area (Å²) in [6.07, 6.45) is -16.4. The first kappa shape index (κ1) is 26.0. The minimum atomic E-state index is -5.13. The molecule has 33 heavy (non-hydrogen) atoms. The number of carbonyl (C=O) groups is 2. The van der Waals surface area contributed by atoms with Crippen LogP contribution in [0.25, 0.3) is 0 Å². The van der Waals surface area contributed by atoms with E-state index in [4.69, 9.17) is 0 Å². The van der Waals surface area contributed by atoms with Crippen molar-refractivity contribution in [1.29, 1.82) is 0 Å². The van der Waals surface area contributed by atoms with E-state index in [9.17, 15) is 54.2 Å². The monoisotopic (exact) mass is 487 g/mol. The van der Waals surface area contributed by atoms with Crippen molar-refractivity contribution in [3.8, 4) is 0 Å². The Balaban J connectivity index is 2.19. The second-order valence-electron chi connectivity index (χ2n) is 6.95. The van der Waals surface area contributed by atoms with Crippen LogP contribution in [0, 0.1) is 0 Å². The molecule has 0 spiro atoms. The number of benzene rings is 2. The maximum atomic E-state index is 12.9. The van der Waals surface area contributed by atoms with Gasteiger partial charge in [-0.1, -0.05) is 12.1 Å². The molecule has 0 aliphatic carbocycles. The Kier molecular flexibility index (Phi) is 7.34. The summed E-state index contributed by atoms with van der Waals surface area (Å²) in [5.74, 6) is -2.80. The highest BCUT2D eigenvalue weighted by Crippen LogP contribution is 2.36. The summed E-state index contributed by atoms with van der Waals surface area (Å²) in [5.41, 5.74) is -4.84. The molecule has 0 unspecified atom stereocenters. The third-order valence-corrected chi connectivity index (χ3v) is 4.37. The zero-order valence-corrected chi connectivity index (χ0v) is 16.2. The van der Waals surface area contributed by atoms with E-state index in [1.165, 1.54) is 0 Å². The lowest BCUT2D eigenvalue weighted by Gasteiger charge is -2.17. The molecular formula is C20H14F9NO3. The summed E-state index contributed by atoms with van der Waals surface area (Å²) >= 11 is 0. The zero-order valence-electron chi connectivity index (χ0n) is 16.2. The molecule has 180 valence electrons. The Morgan fingerprint density at radius 3 is 1.58 bits per heavy atom. The SMILES string of the molecule is O=C(Cc1cc(C(F)(F)F)cc(C(F)(F)F)c1)N[C@@H](Cc1ccc(C(F)(F)F)cc1)C(=O)O. The number of carboxylic acids is 1. The van der Waals surface area contributed by atoms with Gasteiger partial charge < -0.3 is 10.4 Å². The van der Waals surface area contributed by atoms with E-state index < -0.39 is 71.5 Å². The molecule has 4 nitrogen and oxygen atoms in total. The van der Waals surface area contributed by atoms with Gasteiger partial charge in [-0.2, -0.15) is 39.5 Å². The van der Waals surface area contributed by atoms with Gasteiger partial charge in [0.2, 0.25) is 5.91 Å². The lowest BCUT2D eigenvalue weighted by Crippen LogP contribution is -2.43. The summed E-state index contributed by atoms with van der Waals surface area (Å²) in [6.45, 7) is 0. The standard InChI is InChI=1S/C20H14F9NO3/c21-18(22,23)12-3-1-10(2-4-12)7-15(17(32)33)30-16(31)8-11-5-13(19(24,25)26)9-14(6-11)20(27,28)29/h1-6,9,15H,7-8H2,(H,30,31)(H,32,33)/t15-/m0/s1. The van der Waals surface area contributed by atoms with Gasteiger partial charge in [-0.15, -0.1) is 0 Å². The van der Waals surface area contributed by atoms with E-state index in [-0.39, 0.29) is 11.6 Å². The molecule has 2 aromatic rings. The number of rotatable bonds is 6. The van der Waals surface area contributed by atoms with Crippen LogP contribution in [0.2, 0.25) is 0 Å². The topological polar surface area (TPSA) is 66.4 Å². The third kappa shape index (κ3) is 7.39. The summed E-state index contributed by atoms with van der Waals surface area (Å²) in [5, 5.41) is 11.2. The van der Waals surface area contributed by atoms with E-state index in [0.29, 0.717) is 24.3 Å². The first-order chi connectivity index (χ1) is 15.0. The molecule has 0 aliphatic heterocycles. The second-order valence-corrected chi connectivity index (χ2v) is 6.95. The molecule has 0 aromatic heterocycles. The molecule has 0 heterocycles. The number of nitrogens with one attached hydrogen (secondary N) is 1. The lowest BCUT2D eigenvalue weighted by molar-refractivity contribution is -0.143. The summed E-state index contributed by atoms with van der Waals surface area (Å²) < 4.78 is 115. The maximum Gasteiger partial charge on any atom is 0.416 e. The number of halogens is 9. The molecule has 0 fully saturated rings. The van der Waals surface area contributed by atoms with Crippen LogP contribution in [0.3, 0.4) is 0 Å². The van der Waals surface area contributed by atoms with E-state index in [0.717, 1.165) is 12.1 Å². The second kappa shape index (κ2) is 9.32. The Labute approximate surface area is 180 Å². The fourth-order valence-electron chi connectivity index (χ4n) is 2.82. The molecule has 1 atom stereocenters. The fraction of sp³-hybridized carbons (Fsp3) is 0.300. The third-order valence-electron chi connectivity index (χ3n) is 4.37. The van der Waals surface area contributed by atoms with Crippen LogP contribution in [0.4, 0.5) is 39.5 Å². The summed E-state index contributed by atoms with van der Waals surface area (Å²) in [7, 11) is 0. The van der Waals surface area contributed by atoms with Gasteiger partial charge in [0.1, 0.15) is 6.04 Å². The molecule has 13 heteroatoms. The predicted molar refractivity (Wildman–Crippen MR) is 94.9 cm³/mol. The van der Waals surface area contributed by atoms with Gasteiger partial charge in [-0.3, -0.25) is 4.79 Å². The molecule has 0 saturated carbocycles. The number of carbonyl (C=O) groups excluding carboxylic acids is 1. The fourth-order valence-corrected chi connectivity index (χ4v) is 2.82. The quantitative estimate of drug-likeness (QED) is 0.558. The van der Waals surface area contributed by atoms with Crippen molar-refractivity contribution >= 4 is 11.9 Å². The molecule has 0 bridgehead atoms. The first-order valence-corrected chi connectivity index (χ1v) is 8.93. The number of hydrogen-bond donors (Lipinski definition) is 2. The molecular weight excluding hydrogens is 473 g/mol. The van der Waals surface area contributed by atoms with Crippen LogP contribution in [0.5, 0.6) is 0 Å². The minimum Gasteiger partial charge on any atom is -0.480 e. The van der Waals surface area contributed by atoms with Gasteiger partial charge in [0.25, 0.3) is 0 Å². The Morgan fingerprint density at radius 1 is 0.727 bits per heavy atom. The zero-order chi connectivity index (χ0) is 25.2. The van der Waals surface area contributed by atoms with Gasteiger partial charge in [0.05, 0.1) is 23.1 Å². The van der Waals surface area contributed by atoms with Crippen molar-refractivity contribution in [2.75, 3.05) is 0 Å². The van der Waals surface area contributed by atoms with Crippen LogP contribution in [-0.4, -0.2) is 23.0 Å². The summed E-state index contributed by atoms with van der Waals surface area (Å²) in [4.78, 5) is 23.5. The van der Waals surface area contributed by atoms with Gasteiger partial charge >= 0.3 is 24.5 Å². The van der Waals surface area contributed by atoms with Crippen molar-refractivity contribution < 1.29 is 54.2 Å². The van der Waals surface area contributed by atoms with Gasteiger partial charge in [0, 0.05) is 6.42 Å². The Hall–Kier alpha value is -3.25. The molecule has 0 aliphatic rings. The van der Waals surface area contributed by atoms with E-state index in [1.807, 2.05) is 5.32 Å². The molecule has 1 amide bonds. The van der Waals surface area contributed by atoms with Crippen molar-refractivity contribution in [1.82, 2.24) is 5.32 Å².